The first kappa shape index (κ1) is 16.1. The molecule has 7 nitrogen and oxygen atoms in total. The predicted molar refractivity (Wildman–Crippen MR) is 82.6 cm³/mol. The SMILES string of the molecule is COC(=O)N(C)CC(=O)N1CCC2C(CCC(=O)N2C2CC2)C1. The second-order valence-corrected chi connectivity index (χ2v) is 6.85. The maximum Gasteiger partial charge on any atom is 0.409 e. The molecule has 2 saturated heterocycles. The van der Waals surface area contributed by atoms with E-state index in [0.717, 1.165) is 25.7 Å². The number of rotatable bonds is 3. The zero-order valence-corrected chi connectivity index (χ0v) is 13.9. The van der Waals surface area contributed by atoms with E-state index in [2.05, 4.69) is 9.64 Å². The molecule has 3 rings (SSSR count). The molecule has 2 unspecified atom stereocenters. The summed E-state index contributed by atoms with van der Waals surface area (Å²) in [4.78, 5) is 41.2. The lowest BCUT2D eigenvalue weighted by Gasteiger charge is -2.47. The molecular formula is C16H25N3O4. The maximum absolute atomic E-state index is 12.4. The maximum atomic E-state index is 12.4. The number of ether oxygens (including phenoxy) is 1. The molecule has 0 aromatic carbocycles. The third kappa shape index (κ3) is 3.28. The summed E-state index contributed by atoms with van der Waals surface area (Å²) in [6, 6.07) is 0.745. The van der Waals surface area contributed by atoms with E-state index in [1.54, 1.807) is 7.05 Å². The van der Waals surface area contributed by atoms with Gasteiger partial charge in [-0.25, -0.2) is 4.79 Å². The van der Waals surface area contributed by atoms with Crippen LogP contribution in [0.2, 0.25) is 0 Å². The highest BCUT2D eigenvalue weighted by Gasteiger charge is 2.45. The number of fused-ring (bicyclic) bond motifs is 1. The Kier molecular flexibility index (Phi) is 4.46. The van der Waals surface area contributed by atoms with Crippen LogP contribution in [0.5, 0.6) is 0 Å². The summed E-state index contributed by atoms with van der Waals surface area (Å²) >= 11 is 0. The predicted octanol–water partition coefficient (Wildman–Crippen LogP) is 0.687. The van der Waals surface area contributed by atoms with Crippen LogP contribution >= 0.6 is 0 Å². The molecule has 1 saturated carbocycles. The Morgan fingerprint density at radius 1 is 1.26 bits per heavy atom. The second kappa shape index (κ2) is 6.37. The van der Waals surface area contributed by atoms with Gasteiger partial charge in [-0.2, -0.15) is 0 Å². The third-order valence-corrected chi connectivity index (χ3v) is 5.22. The lowest BCUT2D eigenvalue weighted by molar-refractivity contribution is -0.145. The molecule has 0 aromatic rings. The van der Waals surface area contributed by atoms with Crippen LogP contribution in [-0.2, 0) is 14.3 Å². The Labute approximate surface area is 136 Å². The monoisotopic (exact) mass is 323 g/mol. The van der Waals surface area contributed by atoms with Crippen LogP contribution in [0.4, 0.5) is 4.79 Å². The Morgan fingerprint density at radius 2 is 2.00 bits per heavy atom. The zero-order valence-electron chi connectivity index (χ0n) is 13.9. The first-order valence-electron chi connectivity index (χ1n) is 8.39. The fraction of sp³-hybridized carbons (Fsp3) is 0.812. The number of likely N-dealkylation sites (N-methyl/N-ethyl adjacent to an activating group) is 1. The summed E-state index contributed by atoms with van der Waals surface area (Å²) in [5.41, 5.74) is 0. The molecule has 3 fully saturated rings. The van der Waals surface area contributed by atoms with Crippen LogP contribution < -0.4 is 0 Å². The molecule has 2 atom stereocenters. The summed E-state index contributed by atoms with van der Waals surface area (Å²) in [6.07, 6.45) is 4.06. The average Bonchev–Trinajstić information content (AvgIpc) is 3.38. The Bertz CT molecular complexity index is 506. The van der Waals surface area contributed by atoms with Gasteiger partial charge in [-0.1, -0.05) is 0 Å². The first-order chi connectivity index (χ1) is 11.0. The summed E-state index contributed by atoms with van der Waals surface area (Å²) in [5.74, 6) is 0.611. The topological polar surface area (TPSA) is 70.2 Å². The highest BCUT2D eigenvalue weighted by Crippen LogP contribution is 2.38. The van der Waals surface area contributed by atoms with Crippen molar-refractivity contribution >= 4 is 17.9 Å². The number of carbonyl (C=O) groups is 3. The number of piperidine rings is 2. The molecule has 3 aliphatic rings. The molecule has 2 aliphatic heterocycles. The third-order valence-electron chi connectivity index (χ3n) is 5.22. The van der Waals surface area contributed by atoms with Gasteiger partial charge in [0.15, 0.2) is 0 Å². The van der Waals surface area contributed by atoms with E-state index >= 15 is 0 Å². The van der Waals surface area contributed by atoms with E-state index in [0.29, 0.717) is 43.4 Å². The van der Waals surface area contributed by atoms with E-state index in [4.69, 9.17) is 0 Å². The lowest BCUT2D eigenvalue weighted by Crippen LogP contribution is -2.58. The minimum absolute atomic E-state index is 0.0370. The molecule has 0 aromatic heterocycles. The van der Waals surface area contributed by atoms with Gasteiger partial charge in [-0.3, -0.25) is 9.59 Å². The van der Waals surface area contributed by atoms with Crippen molar-refractivity contribution in [2.75, 3.05) is 33.8 Å². The quantitative estimate of drug-likeness (QED) is 0.766. The molecule has 2 heterocycles. The largest absolute Gasteiger partial charge is 0.453 e. The van der Waals surface area contributed by atoms with Crippen molar-refractivity contribution < 1.29 is 19.1 Å². The van der Waals surface area contributed by atoms with Crippen LogP contribution in [0.1, 0.15) is 32.1 Å². The Balaban J connectivity index is 1.58. The van der Waals surface area contributed by atoms with Crippen LogP contribution in [-0.4, -0.2) is 78.5 Å². The molecule has 128 valence electrons. The Morgan fingerprint density at radius 3 is 2.65 bits per heavy atom. The molecule has 7 heteroatoms. The standard InChI is InChI=1S/C16H25N3O4/c1-17(16(22)23-2)10-15(21)18-8-7-13-11(9-18)3-6-14(20)19(13)12-4-5-12/h11-13H,3-10H2,1-2H3. The number of hydrogen-bond acceptors (Lipinski definition) is 4. The summed E-state index contributed by atoms with van der Waals surface area (Å²) in [6.45, 7) is 1.38. The summed E-state index contributed by atoms with van der Waals surface area (Å²) < 4.78 is 4.62. The van der Waals surface area contributed by atoms with Gasteiger partial charge in [0.05, 0.1) is 7.11 Å². The molecule has 0 N–H and O–H groups in total. The molecule has 0 bridgehead atoms. The molecule has 1 aliphatic carbocycles. The summed E-state index contributed by atoms with van der Waals surface area (Å²) in [7, 11) is 2.87. The van der Waals surface area contributed by atoms with Crippen molar-refractivity contribution in [3.05, 3.63) is 0 Å². The van der Waals surface area contributed by atoms with E-state index < -0.39 is 6.09 Å². The van der Waals surface area contributed by atoms with Crippen molar-refractivity contribution in [1.82, 2.24) is 14.7 Å². The van der Waals surface area contributed by atoms with Gasteiger partial charge in [0, 0.05) is 38.6 Å². The normalized spacial score (nSPS) is 27.5. The van der Waals surface area contributed by atoms with E-state index in [1.807, 2.05) is 4.90 Å². The van der Waals surface area contributed by atoms with E-state index in [1.165, 1.54) is 12.0 Å². The highest BCUT2D eigenvalue weighted by molar-refractivity contribution is 5.82. The molecule has 0 spiro atoms. The average molecular weight is 323 g/mol. The van der Waals surface area contributed by atoms with E-state index in [9.17, 15) is 14.4 Å². The van der Waals surface area contributed by atoms with Crippen LogP contribution in [0.25, 0.3) is 0 Å². The lowest BCUT2D eigenvalue weighted by atomic mass is 9.83. The van der Waals surface area contributed by atoms with Crippen molar-refractivity contribution in [3.63, 3.8) is 0 Å². The molecule has 3 amide bonds. The number of hydrogen-bond donors (Lipinski definition) is 0. The molecule has 23 heavy (non-hydrogen) atoms. The Hall–Kier alpha value is -1.79. The second-order valence-electron chi connectivity index (χ2n) is 6.85. The number of likely N-dealkylation sites (tertiary alicyclic amines) is 2. The van der Waals surface area contributed by atoms with Crippen LogP contribution in [0.3, 0.4) is 0 Å². The van der Waals surface area contributed by atoms with Crippen molar-refractivity contribution in [2.45, 2.75) is 44.2 Å². The number of methoxy groups -OCH3 is 1. The van der Waals surface area contributed by atoms with Crippen molar-refractivity contribution in [1.29, 1.82) is 0 Å². The van der Waals surface area contributed by atoms with Gasteiger partial charge in [0.2, 0.25) is 11.8 Å². The van der Waals surface area contributed by atoms with Crippen LogP contribution in [0.15, 0.2) is 0 Å². The van der Waals surface area contributed by atoms with Gasteiger partial charge >= 0.3 is 6.09 Å². The van der Waals surface area contributed by atoms with Crippen molar-refractivity contribution in [2.24, 2.45) is 5.92 Å². The van der Waals surface area contributed by atoms with Gasteiger partial charge < -0.3 is 19.4 Å². The van der Waals surface area contributed by atoms with E-state index in [-0.39, 0.29) is 12.5 Å². The van der Waals surface area contributed by atoms with Gasteiger partial charge in [-0.05, 0) is 31.6 Å². The smallest absolute Gasteiger partial charge is 0.409 e. The number of carbonyl (C=O) groups excluding carboxylic acids is 3. The minimum atomic E-state index is -0.503. The summed E-state index contributed by atoms with van der Waals surface area (Å²) in [5, 5.41) is 0. The van der Waals surface area contributed by atoms with Crippen molar-refractivity contribution in [3.8, 4) is 0 Å². The fourth-order valence-electron chi connectivity index (χ4n) is 3.87. The minimum Gasteiger partial charge on any atom is -0.453 e. The number of amides is 3. The highest BCUT2D eigenvalue weighted by atomic mass is 16.5. The fourth-order valence-corrected chi connectivity index (χ4v) is 3.87. The zero-order chi connectivity index (χ0) is 16.6. The van der Waals surface area contributed by atoms with Gasteiger partial charge in [-0.15, -0.1) is 0 Å². The molecule has 0 radical (unpaired) electrons. The first-order valence-corrected chi connectivity index (χ1v) is 8.39. The van der Waals surface area contributed by atoms with Crippen LogP contribution in [0, 0.1) is 5.92 Å². The van der Waals surface area contributed by atoms with Gasteiger partial charge in [0.1, 0.15) is 6.54 Å². The number of nitrogens with zero attached hydrogens (tertiary/aromatic N) is 3. The van der Waals surface area contributed by atoms with Gasteiger partial charge in [0.25, 0.3) is 0 Å². The molecular weight excluding hydrogens is 298 g/mol.